The Hall–Kier alpha value is -1.77. The summed E-state index contributed by atoms with van der Waals surface area (Å²) < 4.78 is 18.6. The van der Waals surface area contributed by atoms with E-state index >= 15 is 0 Å². The quantitative estimate of drug-likeness (QED) is 0.848. The Balaban J connectivity index is 1.85. The molecule has 0 radical (unpaired) electrons. The largest absolute Gasteiger partial charge is 0.469 e. The summed E-state index contributed by atoms with van der Waals surface area (Å²) >= 11 is 0. The molecule has 1 unspecified atom stereocenters. The third-order valence-corrected chi connectivity index (χ3v) is 2.68. The van der Waals surface area contributed by atoms with E-state index < -0.39 is 0 Å². The molecular formula is C14H16FNO. The van der Waals surface area contributed by atoms with Gasteiger partial charge in [-0.25, -0.2) is 4.39 Å². The van der Waals surface area contributed by atoms with Crippen LogP contribution < -0.4 is 5.32 Å². The van der Waals surface area contributed by atoms with Crippen molar-refractivity contribution in [2.24, 2.45) is 0 Å². The van der Waals surface area contributed by atoms with Crippen LogP contribution in [0.25, 0.3) is 0 Å². The van der Waals surface area contributed by atoms with Gasteiger partial charge in [0.15, 0.2) is 0 Å². The molecule has 1 aromatic carbocycles. The molecule has 90 valence electrons. The lowest BCUT2D eigenvalue weighted by Gasteiger charge is -2.14. The Morgan fingerprint density at radius 1 is 1.24 bits per heavy atom. The first-order valence-electron chi connectivity index (χ1n) is 5.79. The van der Waals surface area contributed by atoms with Crippen molar-refractivity contribution in [1.29, 1.82) is 0 Å². The van der Waals surface area contributed by atoms with Crippen molar-refractivity contribution in [2.45, 2.75) is 25.8 Å². The van der Waals surface area contributed by atoms with Crippen LogP contribution in [0.1, 0.15) is 19.1 Å². The van der Waals surface area contributed by atoms with Crippen LogP contribution in [0.5, 0.6) is 0 Å². The number of aryl methyl sites for hydroxylation is 1. The number of hydrogen-bond acceptors (Lipinski definition) is 2. The second kappa shape index (κ2) is 5.53. The summed E-state index contributed by atoms with van der Waals surface area (Å²) in [4.78, 5) is 0. The van der Waals surface area contributed by atoms with Gasteiger partial charge in [-0.3, -0.25) is 0 Å². The molecule has 3 heteroatoms. The predicted octanol–water partition coefficient (Wildman–Crippen LogP) is 3.85. The molecule has 2 aromatic rings. The molecule has 2 rings (SSSR count). The summed E-state index contributed by atoms with van der Waals surface area (Å²) in [5.41, 5.74) is 0.555. The number of anilines is 1. The smallest absolute Gasteiger partial charge is 0.146 e. The Morgan fingerprint density at radius 3 is 2.76 bits per heavy atom. The first kappa shape index (κ1) is 11.7. The molecule has 2 nitrogen and oxygen atoms in total. The van der Waals surface area contributed by atoms with E-state index in [1.54, 1.807) is 18.4 Å². The maximum atomic E-state index is 13.4. The Kier molecular flexibility index (Phi) is 3.81. The van der Waals surface area contributed by atoms with E-state index in [9.17, 15) is 4.39 Å². The number of hydrogen-bond donors (Lipinski definition) is 1. The molecule has 0 spiro atoms. The highest BCUT2D eigenvalue weighted by molar-refractivity contribution is 5.44. The maximum absolute atomic E-state index is 13.4. The lowest BCUT2D eigenvalue weighted by Crippen LogP contribution is -2.16. The fourth-order valence-corrected chi connectivity index (χ4v) is 1.73. The van der Waals surface area contributed by atoms with E-state index in [0.717, 1.165) is 18.6 Å². The fourth-order valence-electron chi connectivity index (χ4n) is 1.73. The van der Waals surface area contributed by atoms with Crippen LogP contribution >= 0.6 is 0 Å². The Labute approximate surface area is 100 Å². The maximum Gasteiger partial charge on any atom is 0.146 e. The van der Waals surface area contributed by atoms with Gasteiger partial charge in [-0.1, -0.05) is 12.1 Å². The molecular weight excluding hydrogens is 217 g/mol. The van der Waals surface area contributed by atoms with Crippen molar-refractivity contribution in [1.82, 2.24) is 0 Å². The average Bonchev–Trinajstić information content (AvgIpc) is 2.82. The number of halogens is 1. The molecule has 1 atom stereocenters. The normalized spacial score (nSPS) is 12.4. The van der Waals surface area contributed by atoms with Crippen molar-refractivity contribution in [3.63, 3.8) is 0 Å². The van der Waals surface area contributed by atoms with Gasteiger partial charge in [0.2, 0.25) is 0 Å². The minimum Gasteiger partial charge on any atom is -0.469 e. The zero-order valence-electron chi connectivity index (χ0n) is 9.82. The minimum atomic E-state index is -0.211. The van der Waals surface area contributed by atoms with E-state index in [-0.39, 0.29) is 11.9 Å². The van der Waals surface area contributed by atoms with Crippen molar-refractivity contribution < 1.29 is 8.81 Å². The second-order valence-electron chi connectivity index (χ2n) is 4.14. The van der Waals surface area contributed by atoms with Crippen molar-refractivity contribution in [3.8, 4) is 0 Å². The molecule has 1 aromatic heterocycles. The van der Waals surface area contributed by atoms with Crippen molar-refractivity contribution in [3.05, 3.63) is 54.2 Å². The lowest BCUT2D eigenvalue weighted by atomic mass is 10.1. The van der Waals surface area contributed by atoms with E-state index in [2.05, 4.69) is 5.32 Å². The van der Waals surface area contributed by atoms with Crippen LogP contribution in [0.15, 0.2) is 47.1 Å². The molecule has 1 heterocycles. The van der Waals surface area contributed by atoms with Crippen LogP contribution in [0.3, 0.4) is 0 Å². The molecule has 0 aliphatic heterocycles. The van der Waals surface area contributed by atoms with Crippen LogP contribution in [0.2, 0.25) is 0 Å². The molecule has 0 fully saturated rings. The molecule has 0 aliphatic carbocycles. The number of furan rings is 1. The molecule has 17 heavy (non-hydrogen) atoms. The summed E-state index contributed by atoms with van der Waals surface area (Å²) in [6.07, 6.45) is 3.43. The molecule has 0 amide bonds. The number of benzene rings is 1. The fraction of sp³-hybridized carbons (Fsp3) is 0.286. The van der Waals surface area contributed by atoms with Crippen molar-refractivity contribution >= 4 is 5.69 Å². The molecule has 0 saturated carbocycles. The highest BCUT2D eigenvalue weighted by Crippen LogP contribution is 2.15. The zero-order chi connectivity index (χ0) is 12.1. The number of para-hydroxylation sites is 1. The van der Waals surface area contributed by atoms with Crippen LogP contribution in [0.4, 0.5) is 10.1 Å². The Bertz CT molecular complexity index is 453. The minimum absolute atomic E-state index is 0.206. The number of rotatable bonds is 5. The predicted molar refractivity (Wildman–Crippen MR) is 66.5 cm³/mol. The van der Waals surface area contributed by atoms with Gasteiger partial charge < -0.3 is 9.73 Å². The molecule has 0 saturated heterocycles. The molecule has 0 aliphatic rings. The monoisotopic (exact) mass is 233 g/mol. The summed E-state index contributed by atoms with van der Waals surface area (Å²) in [5, 5.41) is 3.16. The van der Waals surface area contributed by atoms with Crippen molar-refractivity contribution in [2.75, 3.05) is 5.32 Å². The first-order chi connectivity index (χ1) is 8.25. The van der Waals surface area contributed by atoms with Crippen LogP contribution in [-0.2, 0) is 6.42 Å². The van der Waals surface area contributed by atoms with Gasteiger partial charge in [0.1, 0.15) is 11.6 Å². The highest BCUT2D eigenvalue weighted by atomic mass is 19.1. The van der Waals surface area contributed by atoms with Gasteiger partial charge in [-0.15, -0.1) is 0 Å². The topological polar surface area (TPSA) is 25.2 Å². The first-order valence-corrected chi connectivity index (χ1v) is 5.79. The van der Waals surface area contributed by atoms with Gasteiger partial charge in [0.25, 0.3) is 0 Å². The molecule has 0 bridgehead atoms. The van der Waals surface area contributed by atoms with Gasteiger partial charge >= 0.3 is 0 Å². The van der Waals surface area contributed by atoms with Gasteiger partial charge in [-0.05, 0) is 37.6 Å². The highest BCUT2D eigenvalue weighted by Gasteiger charge is 2.06. The van der Waals surface area contributed by atoms with Gasteiger partial charge in [-0.2, -0.15) is 0 Å². The molecule has 1 N–H and O–H groups in total. The number of nitrogens with one attached hydrogen (secondary N) is 1. The standard InChI is InChI=1S/C14H16FNO/c1-11(8-9-12-5-4-10-17-12)16-14-7-3-2-6-13(14)15/h2-7,10-11,16H,8-9H2,1H3. The zero-order valence-corrected chi connectivity index (χ0v) is 9.82. The second-order valence-corrected chi connectivity index (χ2v) is 4.14. The third-order valence-electron chi connectivity index (χ3n) is 2.68. The summed E-state index contributed by atoms with van der Waals surface area (Å²) in [6, 6.07) is 10.8. The van der Waals surface area contributed by atoms with E-state index in [1.165, 1.54) is 6.07 Å². The lowest BCUT2D eigenvalue weighted by molar-refractivity contribution is 0.494. The average molecular weight is 233 g/mol. The van der Waals surface area contributed by atoms with E-state index in [4.69, 9.17) is 4.42 Å². The summed E-state index contributed by atoms with van der Waals surface area (Å²) in [7, 11) is 0. The SMILES string of the molecule is CC(CCc1ccco1)Nc1ccccc1F. The van der Waals surface area contributed by atoms with Crippen LogP contribution in [-0.4, -0.2) is 6.04 Å². The van der Waals surface area contributed by atoms with Crippen LogP contribution in [0, 0.1) is 5.82 Å². The summed E-state index contributed by atoms with van der Waals surface area (Å²) in [6.45, 7) is 2.04. The van der Waals surface area contributed by atoms with Gasteiger partial charge in [0, 0.05) is 12.5 Å². The Morgan fingerprint density at radius 2 is 2.06 bits per heavy atom. The summed E-state index contributed by atoms with van der Waals surface area (Å²) in [5.74, 6) is 0.754. The van der Waals surface area contributed by atoms with Gasteiger partial charge in [0.05, 0.1) is 12.0 Å². The third kappa shape index (κ3) is 3.34. The van der Waals surface area contributed by atoms with E-state index in [0.29, 0.717) is 5.69 Å². The van der Waals surface area contributed by atoms with E-state index in [1.807, 2.05) is 25.1 Å².